The number of anilines is 2. The van der Waals surface area contributed by atoms with Gasteiger partial charge in [0, 0.05) is 10.2 Å². The first-order valence-electron chi connectivity index (χ1n) is 6.75. The van der Waals surface area contributed by atoms with E-state index in [1.165, 1.54) is 17.8 Å². The van der Waals surface area contributed by atoms with Crippen LogP contribution in [-0.2, 0) is 9.59 Å². The number of aromatic hydroxyl groups is 1. The van der Waals surface area contributed by atoms with Crippen molar-refractivity contribution in [3.05, 3.63) is 53.0 Å². The summed E-state index contributed by atoms with van der Waals surface area (Å²) in [6.45, 7) is 0. The van der Waals surface area contributed by atoms with Gasteiger partial charge >= 0.3 is 0 Å². The molecule has 3 N–H and O–H groups in total. The van der Waals surface area contributed by atoms with Crippen LogP contribution in [0.4, 0.5) is 11.4 Å². The van der Waals surface area contributed by atoms with Gasteiger partial charge < -0.3 is 15.7 Å². The lowest BCUT2D eigenvalue weighted by atomic mass is 10.3. The van der Waals surface area contributed by atoms with Crippen LogP contribution in [0.2, 0.25) is 0 Å². The number of carbonyl (C=O) groups is 2. The molecule has 0 saturated heterocycles. The Morgan fingerprint density at radius 3 is 2.39 bits per heavy atom. The van der Waals surface area contributed by atoms with Gasteiger partial charge in [0.2, 0.25) is 11.8 Å². The summed E-state index contributed by atoms with van der Waals surface area (Å²) in [7, 11) is 0. The molecule has 0 saturated carbocycles. The number of hydrogen-bond acceptors (Lipinski definition) is 4. The first-order valence-corrected chi connectivity index (χ1v) is 8.70. The molecule has 0 aromatic heterocycles. The minimum Gasteiger partial charge on any atom is -0.506 e. The van der Waals surface area contributed by atoms with Crippen LogP contribution in [0, 0.1) is 0 Å². The van der Waals surface area contributed by atoms with Gasteiger partial charge in [-0.1, -0.05) is 34.1 Å². The number of nitrogens with one attached hydrogen (secondary N) is 2. The molecule has 0 bridgehead atoms. The van der Waals surface area contributed by atoms with Gasteiger partial charge in [-0.15, -0.1) is 11.8 Å². The molecule has 0 fully saturated rings. The van der Waals surface area contributed by atoms with E-state index in [0.29, 0.717) is 11.4 Å². The lowest BCUT2D eigenvalue weighted by molar-refractivity contribution is -0.114. The predicted molar refractivity (Wildman–Crippen MR) is 96.8 cm³/mol. The van der Waals surface area contributed by atoms with Crippen LogP contribution in [0.15, 0.2) is 53.0 Å². The molecule has 0 radical (unpaired) electrons. The topological polar surface area (TPSA) is 78.4 Å². The Hall–Kier alpha value is -1.99. The Morgan fingerprint density at radius 2 is 1.70 bits per heavy atom. The number of para-hydroxylation sites is 2. The van der Waals surface area contributed by atoms with Crippen LogP contribution >= 0.6 is 27.7 Å². The van der Waals surface area contributed by atoms with Gasteiger partial charge in [0.15, 0.2) is 0 Å². The Bertz CT molecular complexity index is 709. The summed E-state index contributed by atoms with van der Waals surface area (Å²) in [5, 5.41) is 14.9. The largest absolute Gasteiger partial charge is 0.506 e. The summed E-state index contributed by atoms with van der Waals surface area (Å²) in [4.78, 5) is 23.6. The van der Waals surface area contributed by atoms with Crippen molar-refractivity contribution in [3.8, 4) is 5.75 Å². The minimum absolute atomic E-state index is 0.0123. The minimum atomic E-state index is -0.272. The van der Waals surface area contributed by atoms with E-state index in [1.54, 1.807) is 30.3 Å². The van der Waals surface area contributed by atoms with Gasteiger partial charge in [0.1, 0.15) is 5.75 Å². The molecule has 0 atom stereocenters. The van der Waals surface area contributed by atoms with Crippen molar-refractivity contribution >= 4 is 50.9 Å². The van der Waals surface area contributed by atoms with Crippen molar-refractivity contribution in [2.45, 2.75) is 0 Å². The number of carbonyl (C=O) groups excluding carboxylic acids is 2. The molecule has 0 aliphatic rings. The number of rotatable bonds is 6. The third-order valence-electron chi connectivity index (χ3n) is 2.75. The van der Waals surface area contributed by atoms with E-state index in [0.717, 1.165) is 4.47 Å². The predicted octanol–water partition coefficient (Wildman–Crippen LogP) is 3.47. The van der Waals surface area contributed by atoms with Crippen LogP contribution in [0.1, 0.15) is 0 Å². The fourth-order valence-electron chi connectivity index (χ4n) is 1.77. The Morgan fingerprint density at radius 1 is 1.00 bits per heavy atom. The highest BCUT2D eigenvalue weighted by molar-refractivity contribution is 9.10. The average Bonchev–Trinajstić information content (AvgIpc) is 2.49. The fraction of sp³-hybridized carbons (Fsp3) is 0.125. The molecule has 0 aliphatic carbocycles. The SMILES string of the molecule is O=C(CSCC(=O)Nc1ccccc1O)Nc1cccc(Br)c1. The van der Waals surface area contributed by atoms with Gasteiger partial charge in [0.05, 0.1) is 17.2 Å². The van der Waals surface area contributed by atoms with E-state index in [9.17, 15) is 14.7 Å². The zero-order valence-corrected chi connectivity index (χ0v) is 14.5. The molecule has 2 aromatic carbocycles. The van der Waals surface area contributed by atoms with Gasteiger partial charge in [-0.05, 0) is 30.3 Å². The molecule has 2 amide bonds. The van der Waals surface area contributed by atoms with Crippen LogP contribution in [0.3, 0.4) is 0 Å². The number of benzene rings is 2. The van der Waals surface area contributed by atoms with Crippen molar-refractivity contribution in [1.82, 2.24) is 0 Å². The van der Waals surface area contributed by atoms with Crippen molar-refractivity contribution < 1.29 is 14.7 Å². The van der Waals surface area contributed by atoms with Crippen LogP contribution < -0.4 is 10.6 Å². The maximum Gasteiger partial charge on any atom is 0.234 e. The molecule has 0 aliphatic heterocycles. The van der Waals surface area contributed by atoms with Gasteiger partial charge in [-0.25, -0.2) is 0 Å². The van der Waals surface area contributed by atoms with Crippen LogP contribution in [0.25, 0.3) is 0 Å². The van der Waals surface area contributed by atoms with E-state index >= 15 is 0 Å². The van der Waals surface area contributed by atoms with Crippen molar-refractivity contribution in [2.24, 2.45) is 0 Å². The van der Waals surface area contributed by atoms with Gasteiger partial charge in [0.25, 0.3) is 0 Å². The number of halogens is 1. The second-order valence-corrected chi connectivity index (χ2v) is 6.52. The quantitative estimate of drug-likeness (QED) is 0.655. The van der Waals surface area contributed by atoms with E-state index in [1.807, 2.05) is 12.1 Å². The van der Waals surface area contributed by atoms with Gasteiger partial charge in [-0.2, -0.15) is 0 Å². The number of amides is 2. The molecule has 7 heteroatoms. The summed E-state index contributed by atoms with van der Waals surface area (Å²) in [5.74, 6) is -0.144. The molecular weight excluding hydrogens is 380 g/mol. The molecule has 0 unspecified atom stereocenters. The maximum atomic E-state index is 11.8. The first kappa shape index (κ1) is 17.4. The molecule has 120 valence electrons. The molecule has 5 nitrogen and oxygen atoms in total. The van der Waals surface area contributed by atoms with E-state index in [4.69, 9.17) is 0 Å². The summed E-state index contributed by atoms with van der Waals surface area (Å²) in [6, 6.07) is 13.8. The lowest BCUT2D eigenvalue weighted by Crippen LogP contribution is -2.18. The highest BCUT2D eigenvalue weighted by Gasteiger charge is 2.08. The molecule has 23 heavy (non-hydrogen) atoms. The Kier molecular flexibility index (Phi) is 6.49. The first-order chi connectivity index (χ1) is 11.0. The second-order valence-electron chi connectivity index (χ2n) is 4.62. The zero-order valence-electron chi connectivity index (χ0n) is 12.1. The van der Waals surface area contributed by atoms with Crippen molar-refractivity contribution in [2.75, 3.05) is 22.1 Å². The maximum absolute atomic E-state index is 11.8. The molecule has 2 rings (SSSR count). The summed E-state index contributed by atoms with van der Waals surface area (Å²) < 4.78 is 0.880. The van der Waals surface area contributed by atoms with Gasteiger partial charge in [-0.3, -0.25) is 9.59 Å². The number of hydrogen-bond donors (Lipinski definition) is 3. The Balaban J connectivity index is 1.73. The number of thioether (sulfide) groups is 1. The van der Waals surface area contributed by atoms with E-state index in [-0.39, 0.29) is 29.1 Å². The Labute approximate surface area is 146 Å². The zero-order chi connectivity index (χ0) is 16.7. The average molecular weight is 395 g/mol. The molecule has 0 heterocycles. The molecule has 0 spiro atoms. The van der Waals surface area contributed by atoms with Crippen molar-refractivity contribution in [1.29, 1.82) is 0 Å². The second kappa shape index (κ2) is 8.59. The monoisotopic (exact) mass is 394 g/mol. The lowest BCUT2D eigenvalue weighted by Gasteiger charge is -2.07. The van der Waals surface area contributed by atoms with E-state index < -0.39 is 0 Å². The number of phenols is 1. The highest BCUT2D eigenvalue weighted by Crippen LogP contribution is 2.21. The standard InChI is InChI=1S/C16H15BrN2O3S/c17-11-4-3-5-12(8-11)18-15(21)9-23-10-16(22)19-13-6-1-2-7-14(13)20/h1-8,20H,9-10H2,(H,18,21)(H,19,22). The summed E-state index contributed by atoms with van der Waals surface area (Å²) in [5.41, 5.74) is 1.06. The van der Waals surface area contributed by atoms with E-state index in [2.05, 4.69) is 26.6 Å². The summed E-state index contributed by atoms with van der Waals surface area (Å²) >= 11 is 4.53. The third-order valence-corrected chi connectivity index (χ3v) is 4.18. The number of phenolic OH excluding ortho intramolecular Hbond substituents is 1. The van der Waals surface area contributed by atoms with Crippen molar-refractivity contribution in [3.63, 3.8) is 0 Å². The molecule has 2 aromatic rings. The normalized spacial score (nSPS) is 10.1. The fourth-order valence-corrected chi connectivity index (χ4v) is 2.78. The third kappa shape index (κ3) is 5.96. The summed E-state index contributed by atoms with van der Waals surface area (Å²) in [6.07, 6.45) is 0. The van der Waals surface area contributed by atoms with Crippen LogP contribution in [-0.4, -0.2) is 28.4 Å². The van der Waals surface area contributed by atoms with Crippen LogP contribution in [0.5, 0.6) is 5.75 Å². The molecular formula is C16H15BrN2O3S. The smallest absolute Gasteiger partial charge is 0.234 e. The highest BCUT2D eigenvalue weighted by atomic mass is 79.9.